The zero-order chi connectivity index (χ0) is 21.5. The molecule has 156 valence electrons. The predicted molar refractivity (Wildman–Crippen MR) is 108 cm³/mol. The third-order valence-electron chi connectivity index (χ3n) is 6.11. The summed E-state index contributed by atoms with van der Waals surface area (Å²) in [5.74, 6) is -0.436. The molecule has 1 atom stereocenters. The first-order chi connectivity index (χ1) is 13.5. The van der Waals surface area contributed by atoms with E-state index in [0.717, 1.165) is 28.3 Å². The van der Waals surface area contributed by atoms with Gasteiger partial charge in [0.25, 0.3) is 5.95 Å². The molecule has 3 rings (SSSR count). The molecule has 0 aromatic carbocycles. The molecule has 0 saturated carbocycles. The Hall–Kier alpha value is -2.77. The Labute approximate surface area is 171 Å². The maximum absolute atomic E-state index is 13.0. The highest BCUT2D eigenvalue weighted by Crippen LogP contribution is 2.38. The third kappa shape index (κ3) is 3.75. The van der Waals surface area contributed by atoms with Gasteiger partial charge in [-0.2, -0.15) is 5.10 Å². The van der Waals surface area contributed by atoms with Crippen molar-refractivity contribution in [2.24, 2.45) is 11.3 Å². The number of aliphatic carboxylic acids is 1. The van der Waals surface area contributed by atoms with E-state index in [1.165, 1.54) is 0 Å². The van der Waals surface area contributed by atoms with E-state index in [1.54, 1.807) is 9.58 Å². The molecule has 0 spiro atoms. The van der Waals surface area contributed by atoms with Gasteiger partial charge >= 0.3 is 5.97 Å². The van der Waals surface area contributed by atoms with Crippen LogP contribution in [0.15, 0.2) is 6.07 Å². The summed E-state index contributed by atoms with van der Waals surface area (Å²) in [6.07, 6.45) is 0.676. The Bertz CT molecular complexity index is 945. The zero-order valence-corrected chi connectivity index (χ0v) is 18.0. The van der Waals surface area contributed by atoms with Gasteiger partial charge in [0, 0.05) is 35.7 Å². The number of aromatic nitrogens is 4. The minimum Gasteiger partial charge on any atom is -0.481 e. The number of carboxylic acid groups (broad SMARTS) is 1. The lowest BCUT2D eigenvalue weighted by atomic mass is 9.76. The highest BCUT2D eigenvalue weighted by Gasteiger charge is 2.48. The van der Waals surface area contributed by atoms with Crippen molar-refractivity contribution in [3.63, 3.8) is 0 Å². The summed E-state index contributed by atoms with van der Waals surface area (Å²) in [7, 11) is 0. The molecule has 0 aliphatic carbocycles. The average molecular weight is 399 g/mol. The Morgan fingerprint density at radius 3 is 2.31 bits per heavy atom. The summed E-state index contributed by atoms with van der Waals surface area (Å²) in [5.41, 5.74) is 3.27. The molecule has 3 heterocycles. The SMILES string of the molecule is Cc1cc(C)nc(-n2nc(C)c(CC(=O)N3CCC(C(=O)O)(C(C)C)C3)c2C)n1. The summed E-state index contributed by atoms with van der Waals surface area (Å²) in [6.45, 7) is 12.1. The van der Waals surface area contributed by atoms with Crippen molar-refractivity contribution in [1.82, 2.24) is 24.6 Å². The van der Waals surface area contributed by atoms with Crippen molar-refractivity contribution in [3.8, 4) is 5.95 Å². The van der Waals surface area contributed by atoms with Crippen molar-refractivity contribution in [2.75, 3.05) is 13.1 Å². The van der Waals surface area contributed by atoms with E-state index in [4.69, 9.17) is 0 Å². The lowest BCUT2D eigenvalue weighted by Crippen LogP contribution is -2.41. The predicted octanol–water partition coefficient (Wildman–Crippen LogP) is 2.40. The molecule has 1 N–H and O–H groups in total. The molecule has 2 aromatic heterocycles. The molecule has 1 saturated heterocycles. The Kier molecular flexibility index (Phi) is 5.47. The van der Waals surface area contributed by atoms with Crippen LogP contribution in [0.4, 0.5) is 0 Å². The molecule has 8 heteroatoms. The van der Waals surface area contributed by atoms with Gasteiger partial charge in [0.05, 0.1) is 17.5 Å². The second-order valence-electron chi connectivity index (χ2n) is 8.37. The summed E-state index contributed by atoms with van der Waals surface area (Å²) >= 11 is 0. The van der Waals surface area contributed by atoms with E-state index < -0.39 is 11.4 Å². The van der Waals surface area contributed by atoms with Gasteiger partial charge < -0.3 is 10.0 Å². The zero-order valence-electron chi connectivity index (χ0n) is 18.0. The highest BCUT2D eigenvalue weighted by atomic mass is 16.4. The maximum Gasteiger partial charge on any atom is 0.311 e. The van der Waals surface area contributed by atoms with Gasteiger partial charge in [-0.05, 0) is 46.1 Å². The largest absolute Gasteiger partial charge is 0.481 e. The van der Waals surface area contributed by atoms with Gasteiger partial charge in [0.2, 0.25) is 5.91 Å². The van der Waals surface area contributed by atoms with E-state index in [2.05, 4.69) is 15.1 Å². The number of hydrogen-bond donors (Lipinski definition) is 1. The summed E-state index contributed by atoms with van der Waals surface area (Å²) in [6, 6.07) is 1.90. The molecule has 0 radical (unpaired) electrons. The minimum atomic E-state index is -0.864. The van der Waals surface area contributed by atoms with Crippen LogP contribution < -0.4 is 0 Å². The van der Waals surface area contributed by atoms with E-state index >= 15 is 0 Å². The molecule has 1 aliphatic heterocycles. The number of amides is 1. The number of aryl methyl sites for hydroxylation is 3. The topological polar surface area (TPSA) is 101 Å². The second kappa shape index (κ2) is 7.57. The van der Waals surface area contributed by atoms with Crippen LogP contribution in [0.25, 0.3) is 5.95 Å². The van der Waals surface area contributed by atoms with Crippen molar-refractivity contribution < 1.29 is 14.7 Å². The van der Waals surface area contributed by atoms with Gasteiger partial charge in [-0.1, -0.05) is 13.8 Å². The first-order valence-corrected chi connectivity index (χ1v) is 9.94. The van der Waals surface area contributed by atoms with Gasteiger partial charge in [0.15, 0.2) is 0 Å². The van der Waals surface area contributed by atoms with Crippen LogP contribution >= 0.6 is 0 Å². The van der Waals surface area contributed by atoms with E-state index in [-0.39, 0.29) is 24.8 Å². The van der Waals surface area contributed by atoms with Crippen LogP contribution in [0.2, 0.25) is 0 Å². The number of carbonyl (C=O) groups is 2. The fourth-order valence-electron chi connectivity index (χ4n) is 4.13. The normalized spacial score (nSPS) is 19.2. The van der Waals surface area contributed by atoms with E-state index in [0.29, 0.717) is 18.9 Å². The molecule has 1 unspecified atom stereocenters. The summed E-state index contributed by atoms with van der Waals surface area (Å²) < 4.78 is 1.68. The summed E-state index contributed by atoms with van der Waals surface area (Å²) in [5, 5.41) is 14.3. The highest BCUT2D eigenvalue weighted by molar-refractivity contribution is 5.82. The Balaban J connectivity index is 1.83. The molecule has 1 aliphatic rings. The fraction of sp³-hybridized carbons (Fsp3) is 0.571. The first-order valence-electron chi connectivity index (χ1n) is 9.94. The quantitative estimate of drug-likeness (QED) is 0.828. The van der Waals surface area contributed by atoms with Gasteiger partial charge in [-0.3, -0.25) is 9.59 Å². The van der Waals surface area contributed by atoms with Crippen LogP contribution in [0, 0.1) is 39.0 Å². The Morgan fingerprint density at radius 1 is 1.17 bits per heavy atom. The lowest BCUT2D eigenvalue weighted by Gasteiger charge is -2.28. The molecule has 0 bridgehead atoms. The van der Waals surface area contributed by atoms with Gasteiger partial charge in [-0.25, -0.2) is 14.6 Å². The molecular formula is C21H29N5O3. The van der Waals surface area contributed by atoms with Crippen LogP contribution in [-0.4, -0.2) is 54.7 Å². The number of likely N-dealkylation sites (tertiary alicyclic amines) is 1. The number of carboxylic acids is 1. The van der Waals surface area contributed by atoms with Crippen LogP contribution in [0.1, 0.15) is 48.6 Å². The maximum atomic E-state index is 13.0. The van der Waals surface area contributed by atoms with Crippen molar-refractivity contribution in [2.45, 2.75) is 54.4 Å². The molecule has 2 aromatic rings. The number of hydrogen-bond acceptors (Lipinski definition) is 5. The molecule has 8 nitrogen and oxygen atoms in total. The van der Waals surface area contributed by atoms with E-state index in [9.17, 15) is 14.7 Å². The molecule has 1 amide bonds. The standard InChI is InChI=1S/C21H29N5O3/c1-12(2)21(19(28)29)7-8-25(11-21)18(27)10-17-15(5)24-26(16(17)6)20-22-13(3)9-14(4)23-20/h9,12H,7-8,10-11H2,1-6H3,(H,28,29). The smallest absolute Gasteiger partial charge is 0.311 e. The van der Waals surface area contributed by atoms with Crippen molar-refractivity contribution >= 4 is 11.9 Å². The molecular weight excluding hydrogens is 370 g/mol. The first kappa shape index (κ1) is 21.0. The fourth-order valence-corrected chi connectivity index (χ4v) is 4.13. The number of carbonyl (C=O) groups excluding carboxylic acids is 1. The van der Waals surface area contributed by atoms with Crippen molar-refractivity contribution in [1.29, 1.82) is 0 Å². The number of rotatable bonds is 5. The third-order valence-corrected chi connectivity index (χ3v) is 6.11. The van der Waals surface area contributed by atoms with Crippen LogP contribution in [0.5, 0.6) is 0 Å². The van der Waals surface area contributed by atoms with Gasteiger partial charge in [0.1, 0.15) is 0 Å². The Morgan fingerprint density at radius 2 is 1.79 bits per heavy atom. The van der Waals surface area contributed by atoms with E-state index in [1.807, 2.05) is 47.6 Å². The molecule has 1 fully saturated rings. The van der Waals surface area contributed by atoms with Gasteiger partial charge in [-0.15, -0.1) is 0 Å². The average Bonchev–Trinajstić information content (AvgIpc) is 3.19. The monoisotopic (exact) mass is 399 g/mol. The second-order valence-corrected chi connectivity index (χ2v) is 8.37. The van der Waals surface area contributed by atoms with Crippen molar-refractivity contribution in [3.05, 3.63) is 34.4 Å². The number of nitrogens with zero attached hydrogens (tertiary/aromatic N) is 5. The molecule has 29 heavy (non-hydrogen) atoms. The minimum absolute atomic E-state index is 0.0364. The summed E-state index contributed by atoms with van der Waals surface area (Å²) in [4.78, 5) is 35.4. The van der Waals surface area contributed by atoms with Crippen LogP contribution in [-0.2, 0) is 16.0 Å². The van der Waals surface area contributed by atoms with Crippen LogP contribution in [0.3, 0.4) is 0 Å². The lowest BCUT2D eigenvalue weighted by molar-refractivity contribution is -0.151.